The molecule has 1 saturated heterocycles. The van der Waals surface area contributed by atoms with Gasteiger partial charge in [0.15, 0.2) is 9.84 Å². The van der Waals surface area contributed by atoms with Crippen molar-refractivity contribution in [3.8, 4) is 0 Å². The van der Waals surface area contributed by atoms with Crippen molar-refractivity contribution in [3.63, 3.8) is 0 Å². The molecule has 1 fully saturated rings. The van der Waals surface area contributed by atoms with E-state index in [1.54, 1.807) is 11.8 Å². The van der Waals surface area contributed by atoms with E-state index < -0.39 is 9.84 Å². The van der Waals surface area contributed by atoms with E-state index in [9.17, 15) is 13.2 Å². The molecule has 4 nitrogen and oxygen atoms in total. The second-order valence-electron chi connectivity index (χ2n) is 4.69. The van der Waals surface area contributed by atoms with Crippen LogP contribution in [0.4, 0.5) is 0 Å². The zero-order valence-electron chi connectivity index (χ0n) is 10.8. The first-order valence-electron chi connectivity index (χ1n) is 6.33. The number of nitrogens with one attached hydrogen (secondary N) is 1. The Morgan fingerprint density at radius 3 is 2.65 bits per heavy atom. The van der Waals surface area contributed by atoms with Gasteiger partial charge in [-0.25, -0.2) is 8.42 Å². The second-order valence-corrected chi connectivity index (χ2v) is 8.53. The first-order valence-corrected chi connectivity index (χ1v) is 9.51. The fraction of sp³-hybridized carbons (Fsp3) is 0.462. The molecule has 0 aliphatic carbocycles. The Bertz CT molecular complexity index is 572. The Balaban J connectivity index is 1.68. The number of benzene rings is 1. The maximum Gasteiger partial charge on any atom is 0.224 e. The van der Waals surface area contributed by atoms with E-state index in [1.165, 1.54) is 0 Å². The van der Waals surface area contributed by atoms with E-state index in [1.807, 2.05) is 24.3 Å². The first kappa shape index (κ1) is 15.7. The van der Waals surface area contributed by atoms with Gasteiger partial charge in [0.25, 0.3) is 0 Å². The van der Waals surface area contributed by atoms with Crippen LogP contribution in [0.5, 0.6) is 0 Å². The molecule has 1 amide bonds. The Morgan fingerprint density at radius 1 is 1.35 bits per heavy atom. The van der Waals surface area contributed by atoms with Gasteiger partial charge in [-0.1, -0.05) is 11.6 Å². The molecule has 110 valence electrons. The number of thioether (sulfide) groups is 1. The topological polar surface area (TPSA) is 63.2 Å². The summed E-state index contributed by atoms with van der Waals surface area (Å²) in [5.41, 5.74) is 0. The third-order valence-electron chi connectivity index (χ3n) is 3.09. The smallest absolute Gasteiger partial charge is 0.224 e. The molecule has 1 heterocycles. The van der Waals surface area contributed by atoms with Gasteiger partial charge in [0.1, 0.15) is 0 Å². The predicted octanol–water partition coefficient (Wildman–Crippen LogP) is 1.98. The molecule has 7 heteroatoms. The molecule has 0 unspecified atom stereocenters. The number of rotatable bonds is 5. The molecule has 1 aromatic carbocycles. The van der Waals surface area contributed by atoms with Crippen molar-refractivity contribution in [3.05, 3.63) is 29.3 Å². The van der Waals surface area contributed by atoms with Gasteiger partial charge >= 0.3 is 0 Å². The van der Waals surface area contributed by atoms with Crippen LogP contribution in [0.15, 0.2) is 29.2 Å². The van der Waals surface area contributed by atoms with Crippen LogP contribution in [0.25, 0.3) is 0 Å². The highest BCUT2D eigenvalue weighted by molar-refractivity contribution is 7.99. The molecule has 20 heavy (non-hydrogen) atoms. The molecule has 0 aromatic heterocycles. The summed E-state index contributed by atoms with van der Waals surface area (Å²) in [5, 5.41) is 3.49. The molecule has 1 aromatic rings. The fourth-order valence-electron chi connectivity index (χ4n) is 2.02. The van der Waals surface area contributed by atoms with E-state index in [-0.39, 0.29) is 23.3 Å². The van der Waals surface area contributed by atoms with Crippen molar-refractivity contribution in [1.82, 2.24) is 5.32 Å². The van der Waals surface area contributed by atoms with Gasteiger partial charge in [-0.3, -0.25) is 4.79 Å². The summed E-state index contributed by atoms with van der Waals surface area (Å²) in [5.74, 6) is 0.337. The summed E-state index contributed by atoms with van der Waals surface area (Å²) in [4.78, 5) is 12.9. The summed E-state index contributed by atoms with van der Waals surface area (Å²) in [6, 6.07) is 7.51. The number of carbonyl (C=O) groups is 1. The lowest BCUT2D eigenvalue weighted by Gasteiger charge is -2.09. The zero-order chi connectivity index (χ0) is 14.6. The minimum Gasteiger partial charge on any atom is -0.355 e. The van der Waals surface area contributed by atoms with Crippen LogP contribution in [0.1, 0.15) is 6.42 Å². The second kappa shape index (κ2) is 6.83. The monoisotopic (exact) mass is 333 g/mol. The lowest BCUT2D eigenvalue weighted by Crippen LogP contribution is -2.32. The Labute approximate surface area is 128 Å². The molecule has 0 saturated carbocycles. The molecule has 1 N–H and O–H groups in total. The van der Waals surface area contributed by atoms with Gasteiger partial charge in [-0.15, -0.1) is 11.8 Å². The van der Waals surface area contributed by atoms with Crippen LogP contribution < -0.4 is 5.32 Å². The van der Waals surface area contributed by atoms with Crippen LogP contribution >= 0.6 is 23.4 Å². The minimum absolute atomic E-state index is 0.0108. The van der Waals surface area contributed by atoms with Gasteiger partial charge < -0.3 is 5.32 Å². The predicted molar refractivity (Wildman–Crippen MR) is 81.9 cm³/mol. The molecule has 1 atom stereocenters. The quantitative estimate of drug-likeness (QED) is 0.661. The Morgan fingerprint density at radius 2 is 2.05 bits per heavy atom. The molecule has 0 bridgehead atoms. The van der Waals surface area contributed by atoms with E-state index in [2.05, 4.69) is 5.32 Å². The van der Waals surface area contributed by atoms with Crippen LogP contribution in [0, 0.1) is 5.92 Å². The standard InChI is InChI=1S/C13H16ClNO3S2/c14-11-1-3-12(4-2-11)19-7-6-15-13(16)10-5-8-20(17,18)9-10/h1-4,10H,5-9H2,(H,15,16)/t10-/m0/s1. The van der Waals surface area contributed by atoms with Gasteiger partial charge in [0.2, 0.25) is 5.91 Å². The van der Waals surface area contributed by atoms with Crippen LogP contribution in [0.2, 0.25) is 5.02 Å². The van der Waals surface area contributed by atoms with Crippen molar-refractivity contribution in [1.29, 1.82) is 0 Å². The van der Waals surface area contributed by atoms with Crippen molar-refractivity contribution < 1.29 is 13.2 Å². The Kier molecular flexibility index (Phi) is 5.35. The molecule has 0 radical (unpaired) electrons. The van der Waals surface area contributed by atoms with E-state index in [0.29, 0.717) is 18.0 Å². The van der Waals surface area contributed by atoms with Gasteiger partial charge in [-0.2, -0.15) is 0 Å². The van der Waals surface area contributed by atoms with Gasteiger partial charge in [0, 0.05) is 22.2 Å². The molecule has 2 rings (SSSR count). The molecule has 1 aliphatic rings. The summed E-state index contributed by atoms with van der Waals surface area (Å²) >= 11 is 7.42. The first-order chi connectivity index (χ1) is 9.46. The average Bonchev–Trinajstić information content (AvgIpc) is 2.77. The minimum atomic E-state index is -3.00. The normalized spacial score (nSPS) is 20.8. The number of hydrogen-bond acceptors (Lipinski definition) is 4. The number of amides is 1. The largest absolute Gasteiger partial charge is 0.355 e. The fourth-order valence-corrected chi connectivity index (χ4v) is 4.66. The zero-order valence-corrected chi connectivity index (χ0v) is 13.2. The molecular weight excluding hydrogens is 318 g/mol. The number of halogens is 1. The average molecular weight is 334 g/mol. The number of hydrogen-bond donors (Lipinski definition) is 1. The van der Waals surface area contributed by atoms with Crippen LogP contribution in [-0.2, 0) is 14.6 Å². The van der Waals surface area contributed by atoms with E-state index in [4.69, 9.17) is 11.6 Å². The van der Waals surface area contributed by atoms with Crippen molar-refractivity contribution in [2.45, 2.75) is 11.3 Å². The molecular formula is C13H16ClNO3S2. The highest BCUT2D eigenvalue weighted by Crippen LogP contribution is 2.20. The summed E-state index contributed by atoms with van der Waals surface area (Å²) < 4.78 is 22.6. The van der Waals surface area contributed by atoms with Crippen LogP contribution in [-0.4, -0.2) is 38.1 Å². The van der Waals surface area contributed by atoms with Gasteiger partial charge in [-0.05, 0) is 30.7 Å². The molecule has 1 aliphatic heterocycles. The SMILES string of the molecule is O=C(NCCSc1ccc(Cl)cc1)[C@H]1CCS(=O)(=O)C1. The summed E-state index contributed by atoms with van der Waals surface area (Å²) in [7, 11) is -3.00. The number of carbonyl (C=O) groups excluding carboxylic acids is 1. The van der Waals surface area contributed by atoms with Crippen molar-refractivity contribution in [2.24, 2.45) is 5.92 Å². The molecule has 0 spiro atoms. The van der Waals surface area contributed by atoms with Crippen LogP contribution in [0.3, 0.4) is 0 Å². The van der Waals surface area contributed by atoms with E-state index in [0.717, 1.165) is 10.6 Å². The summed E-state index contributed by atoms with van der Waals surface area (Å²) in [6.45, 7) is 0.530. The Hall–Kier alpha value is -0.720. The van der Waals surface area contributed by atoms with Crippen molar-refractivity contribution in [2.75, 3.05) is 23.8 Å². The third-order valence-corrected chi connectivity index (χ3v) is 6.12. The lowest BCUT2D eigenvalue weighted by molar-refractivity contribution is -0.124. The maximum atomic E-state index is 11.8. The summed E-state index contributed by atoms with van der Waals surface area (Å²) in [6.07, 6.45) is 0.443. The lowest BCUT2D eigenvalue weighted by atomic mass is 10.1. The number of sulfone groups is 1. The van der Waals surface area contributed by atoms with Gasteiger partial charge in [0.05, 0.1) is 17.4 Å². The highest BCUT2D eigenvalue weighted by Gasteiger charge is 2.32. The maximum absolute atomic E-state index is 11.8. The van der Waals surface area contributed by atoms with Crippen molar-refractivity contribution >= 4 is 39.1 Å². The highest BCUT2D eigenvalue weighted by atomic mass is 35.5. The van der Waals surface area contributed by atoms with E-state index >= 15 is 0 Å². The third kappa shape index (κ3) is 4.68.